The number of thiophene rings is 1. The van der Waals surface area contributed by atoms with Gasteiger partial charge >= 0.3 is 0 Å². The van der Waals surface area contributed by atoms with Gasteiger partial charge in [-0.15, -0.1) is 11.3 Å². The number of nitrogen functional groups attached to an aromatic ring is 1. The van der Waals surface area contributed by atoms with Gasteiger partial charge in [0.2, 0.25) is 0 Å². The van der Waals surface area contributed by atoms with Crippen molar-refractivity contribution in [2.24, 2.45) is 0 Å². The molecule has 0 saturated carbocycles. The van der Waals surface area contributed by atoms with Gasteiger partial charge in [-0.2, -0.15) is 0 Å². The SMILES string of the molecule is Cc1ccc2c(NCc3ccc(Cl)cc3)nccc2c1NC(=O)c1csc2c(N)ncnc12. The first-order valence-corrected chi connectivity index (χ1v) is 11.4. The first kappa shape index (κ1) is 21.1. The Morgan fingerprint density at radius 1 is 1.06 bits per heavy atom. The first-order valence-electron chi connectivity index (χ1n) is 10.2. The number of benzene rings is 2. The van der Waals surface area contributed by atoms with Crippen LogP contribution in [0.1, 0.15) is 21.5 Å². The van der Waals surface area contributed by atoms with Crippen molar-refractivity contribution in [3.8, 4) is 0 Å². The van der Waals surface area contributed by atoms with Crippen molar-refractivity contribution in [1.82, 2.24) is 15.0 Å². The monoisotopic (exact) mass is 474 g/mol. The predicted molar refractivity (Wildman–Crippen MR) is 135 cm³/mol. The lowest BCUT2D eigenvalue weighted by atomic mass is 10.0. The quantitative estimate of drug-likeness (QED) is 0.304. The topological polar surface area (TPSA) is 106 Å². The van der Waals surface area contributed by atoms with Crippen molar-refractivity contribution in [3.05, 3.63) is 82.1 Å². The molecule has 1 amide bonds. The average Bonchev–Trinajstić information content (AvgIpc) is 3.26. The molecule has 0 unspecified atom stereocenters. The molecule has 5 rings (SSSR count). The van der Waals surface area contributed by atoms with Gasteiger partial charge in [-0.25, -0.2) is 15.0 Å². The van der Waals surface area contributed by atoms with E-state index in [0.29, 0.717) is 33.2 Å². The molecule has 33 heavy (non-hydrogen) atoms. The standard InChI is InChI=1S/C24H19ClN6OS/c1-13-2-7-17-16(8-9-27-23(17)28-10-14-3-5-15(25)6-4-14)19(13)31-24(32)18-11-33-21-20(18)29-12-30-22(21)26/h2-9,11-12H,10H2,1H3,(H,27,28)(H,31,32)(H2,26,29,30). The number of hydrogen-bond acceptors (Lipinski definition) is 7. The van der Waals surface area contributed by atoms with Crippen LogP contribution < -0.4 is 16.4 Å². The lowest BCUT2D eigenvalue weighted by molar-refractivity contribution is 0.102. The van der Waals surface area contributed by atoms with Gasteiger partial charge in [-0.1, -0.05) is 35.9 Å². The highest BCUT2D eigenvalue weighted by atomic mass is 35.5. The fourth-order valence-electron chi connectivity index (χ4n) is 3.67. The number of halogens is 1. The molecule has 7 nitrogen and oxygen atoms in total. The second-order valence-corrected chi connectivity index (χ2v) is 8.85. The van der Waals surface area contributed by atoms with Crippen molar-refractivity contribution < 1.29 is 4.79 Å². The summed E-state index contributed by atoms with van der Waals surface area (Å²) in [4.78, 5) is 25.9. The average molecular weight is 475 g/mol. The van der Waals surface area contributed by atoms with E-state index in [1.807, 2.05) is 49.4 Å². The first-order chi connectivity index (χ1) is 16.0. The number of amides is 1. The van der Waals surface area contributed by atoms with Crippen molar-refractivity contribution >= 4 is 67.2 Å². The molecule has 0 fully saturated rings. The molecule has 0 aliphatic carbocycles. The highest BCUT2D eigenvalue weighted by molar-refractivity contribution is 7.18. The van der Waals surface area contributed by atoms with Crippen LogP contribution in [0.25, 0.3) is 21.0 Å². The zero-order chi connectivity index (χ0) is 22.9. The summed E-state index contributed by atoms with van der Waals surface area (Å²) in [7, 11) is 0. The molecule has 0 bridgehead atoms. The van der Waals surface area contributed by atoms with Gasteiger partial charge in [-0.05, 0) is 36.2 Å². The lowest BCUT2D eigenvalue weighted by Gasteiger charge is -2.14. The van der Waals surface area contributed by atoms with Crippen LogP contribution in [0.4, 0.5) is 17.3 Å². The molecule has 9 heteroatoms. The van der Waals surface area contributed by atoms with E-state index < -0.39 is 0 Å². The summed E-state index contributed by atoms with van der Waals surface area (Å²) in [6.45, 7) is 2.56. The van der Waals surface area contributed by atoms with Crippen LogP contribution in [-0.2, 0) is 6.54 Å². The number of nitrogens with two attached hydrogens (primary N) is 1. The highest BCUT2D eigenvalue weighted by Gasteiger charge is 2.18. The summed E-state index contributed by atoms with van der Waals surface area (Å²) in [6.07, 6.45) is 3.10. The van der Waals surface area contributed by atoms with E-state index in [-0.39, 0.29) is 5.91 Å². The minimum Gasteiger partial charge on any atom is -0.382 e. The van der Waals surface area contributed by atoms with E-state index in [0.717, 1.165) is 33.4 Å². The largest absolute Gasteiger partial charge is 0.382 e. The Morgan fingerprint density at radius 3 is 2.70 bits per heavy atom. The Morgan fingerprint density at radius 2 is 1.88 bits per heavy atom. The predicted octanol–water partition coefficient (Wildman–Crippen LogP) is 5.65. The number of nitrogens with zero attached hydrogens (tertiary/aromatic N) is 3. The fourth-order valence-corrected chi connectivity index (χ4v) is 4.70. The molecule has 3 heterocycles. The van der Waals surface area contributed by atoms with Crippen LogP contribution in [0.2, 0.25) is 5.02 Å². The number of carbonyl (C=O) groups excluding carboxylic acids is 1. The number of aromatic nitrogens is 3. The van der Waals surface area contributed by atoms with E-state index >= 15 is 0 Å². The second kappa shape index (κ2) is 8.65. The molecule has 0 radical (unpaired) electrons. The summed E-state index contributed by atoms with van der Waals surface area (Å²) in [6, 6.07) is 13.5. The summed E-state index contributed by atoms with van der Waals surface area (Å²) < 4.78 is 0.704. The van der Waals surface area contributed by atoms with Crippen LogP contribution in [0.15, 0.2) is 60.4 Å². The number of pyridine rings is 1. The van der Waals surface area contributed by atoms with Crippen LogP contribution >= 0.6 is 22.9 Å². The molecule has 4 N–H and O–H groups in total. The zero-order valence-corrected chi connectivity index (χ0v) is 19.2. The van der Waals surface area contributed by atoms with E-state index in [1.165, 1.54) is 17.7 Å². The molecule has 5 aromatic rings. The summed E-state index contributed by atoms with van der Waals surface area (Å²) >= 11 is 7.33. The number of fused-ring (bicyclic) bond motifs is 2. The smallest absolute Gasteiger partial charge is 0.258 e. The summed E-state index contributed by atoms with van der Waals surface area (Å²) in [5.41, 5.74) is 9.70. The van der Waals surface area contributed by atoms with Gasteiger partial charge in [0.1, 0.15) is 18.0 Å². The Bertz CT molecular complexity index is 1500. The Kier molecular flexibility index (Phi) is 5.53. The maximum atomic E-state index is 13.2. The zero-order valence-electron chi connectivity index (χ0n) is 17.6. The third kappa shape index (κ3) is 4.06. The van der Waals surface area contributed by atoms with Crippen LogP contribution in [0.3, 0.4) is 0 Å². The number of nitrogens with one attached hydrogen (secondary N) is 2. The van der Waals surface area contributed by atoms with Gasteiger partial charge in [0.15, 0.2) is 0 Å². The third-order valence-corrected chi connectivity index (χ3v) is 6.64. The Hall–Kier alpha value is -3.75. The molecular weight excluding hydrogens is 456 g/mol. The second-order valence-electron chi connectivity index (χ2n) is 7.53. The normalized spacial score (nSPS) is 11.1. The van der Waals surface area contributed by atoms with E-state index in [9.17, 15) is 4.79 Å². The fraction of sp³-hybridized carbons (Fsp3) is 0.0833. The molecule has 3 aromatic heterocycles. The van der Waals surface area contributed by atoms with Gasteiger partial charge in [-0.3, -0.25) is 4.79 Å². The molecule has 0 spiro atoms. The highest BCUT2D eigenvalue weighted by Crippen LogP contribution is 2.33. The lowest BCUT2D eigenvalue weighted by Crippen LogP contribution is -2.13. The van der Waals surface area contributed by atoms with Crippen molar-refractivity contribution in [3.63, 3.8) is 0 Å². The number of carbonyl (C=O) groups is 1. The maximum Gasteiger partial charge on any atom is 0.258 e. The molecule has 0 aliphatic heterocycles. The minimum atomic E-state index is -0.248. The molecule has 164 valence electrons. The molecule has 0 atom stereocenters. The Balaban J connectivity index is 1.47. The summed E-state index contributed by atoms with van der Waals surface area (Å²) in [5, 5.41) is 10.7. The van der Waals surface area contributed by atoms with Gasteiger partial charge in [0, 0.05) is 33.9 Å². The number of aryl methyl sites for hydroxylation is 1. The van der Waals surface area contributed by atoms with Crippen LogP contribution in [0, 0.1) is 6.92 Å². The molecule has 2 aromatic carbocycles. The van der Waals surface area contributed by atoms with E-state index in [2.05, 4.69) is 25.6 Å². The van der Waals surface area contributed by atoms with Gasteiger partial charge < -0.3 is 16.4 Å². The van der Waals surface area contributed by atoms with E-state index in [1.54, 1.807) is 11.6 Å². The molecular formula is C24H19ClN6OS. The molecule has 0 saturated heterocycles. The van der Waals surface area contributed by atoms with Crippen molar-refractivity contribution in [2.45, 2.75) is 13.5 Å². The van der Waals surface area contributed by atoms with Crippen molar-refractivity contribution in [2.75, 3.05) is 16.4 Å². The minimum absolute atomic E-state index is 0.248. The number of anilines is 3. The van der Waals surface area contributed by atoms with Crippen LogP contribution in [0.5, 0.6) is 0 Å². The number of rotatable bonds is 5. The van der Waals surface area contributed by atoms with Gasteiger partial charge in [0.25, 0.3) is 5.91 Å². The third-order valence-electron chi connectivity index (χ3n) is 5.39. The Labute approximate surface area is 198 Å². The van der Waals surface area contributed by atoms with E-state index in [4.69, 9.17) is 17.3 Å². The maximum absolute atomic E-state index is 13.2. The summed E-state index contributed by atoms with van der Waals surface area (Å²) in [5.74, 6) is 0.856. The number of hydrogen-bond donors (Lipinski definition) is 3. The van der Waals surface area contributed by atoms with Gasteiger partial charge in [0.05, 0.1) is 21.5 Å². The van der Waals surface area contributed by atoms with Crippen molar-refractivity contribution in [1.29, 1.82) is 0 Å². The van der Waals surface area contributed by atoms with Crippen LogP contribution in [-0.4, -0.2) is 20.9 Å². The molecule has 0 aliphatic rings.